The zero-order chi connectivity index (χ0) is 10.9. The van der Waals surface area contributed by atoms with E-state index in [9.17, 15) is 13.2 Å². The van der Waals surface area contributed by atoms with Crippen LogP contribution in [0.3, 0.4) is 0 Å². The van der Waals surface area contributed by atoms with E-state index in [1.165, 1.54) is 0 Å². The Morgan fingerprint density at radius 2 is 1.87 bits per heavy atom. The predicted molar refractivity (Wildman–Crippen MR) is 54.7 cm³/mol. The van der Waals surface area contributed by atoms with Crippen molar-refractivity contribution >= 4 is 29.8 Å². The van der Waals surface area contributed by atoms with E-state index in [-0.39, 0.29) is 28.8 Å². The van der Waals surface area contributed by atoms with Crippen LogP contribution in [-0.4, -0.2) is 5.84 Å². The molecule has 2 nitrogen and oxygen atoms in total. The summed E-state index contributed by atoms with van der Waals surface area (Å²) >= 11 is 5.51. The highest BCUT2D eigenvalue weighted by Gasteiger charge is 2.30. The van der Waals surface area contributed by atoms with Gasteiger partial charge < -0.3 is 5.73 Å². The number of alkyl halides is 3. The van der Waals surface area contributed by atoms with E-state index in [2.05, 4.69) is 0 Å². The van der Waals surface area contributed by atoms with Crippen LogP contribution in [0.25, 0.3) is 0 Å². The van der Waals surface area contributed by atoms with Crippen molar-refractivity contribution in [3.8, 4) is 0 Å². The van der Waals surface area contributed by atoms with Gasteiger partial charge in [0.05, 0.1) is 10.6 Å². The molecule has 15 heavy (non-hydrogen) atoms. The number of nitrogen functional groups attached to an aromatic ring is 1. The Morgan fingerprint density at radius 1 is 1.33 bits per heavy atom. The van der Waals surface area contributed by atoms with Crippen molar-refractivity contribution in [2.75, 3.05) is 0 Å². The second-order valence-electron chi connectivity index (χ2n) is 2.61. The molecule has 0 atom stereocenters. The van der Waals surface area contributed by atoms with E-state index in [1.54, 1.807) is 0 Å². The third-order valence-electron chi connectivity index (χ3n) is 1.59. The van der Waals surface area contributed by atoms with Crippen LogP contribution in [0.1, 0.15) is 11.1 Å². The Morgan fingerprint density at radius 3 is 2.20 bits per heavy atom. The molecule has 0 amide bonds. The molecule has 0 aliphatic heterocycles. The number of nitrogens with two attached hydrogens (primary N) is 1. The lowest BCUT2D eigenvalue weighted by Crippen LogP contribution is -2.13. The van der Waals surface area contributed by atoms with Gasteiger partial charge in [-0.3, -0.25) is 5.41 Å². The minimum atomic E-state index is -4.43. The molecule has 0 saturated heterocycles. The molecule has 0 bridgehead atoms. The van der Waals surface area contributed by atoms with Crippen LogP contribution in [0.15, 0.2) is 18.2 Å². The molecule has 1 aromatic rings. The summed E-state index contributed by atoms with van der Waals surface area (Å²) < 4.78 is 36.5. The number of hydrogen-bond acceptors (Lipinski definition) is 1. The third-order valence-corrected chi connectivity index (χ3v) is 1.90. The minimum Gasteiger partial charge on any atom is -0.384 e. The van der Waals surface area contributed by atoms with Gasteiger partial charge in [0.25, 0.3) is 0 Å². The van der Waals surface area contributed by atoms with Crippen molar-refractivity contribution in [1.29, 1.82) is 5.41 Å². The van der Waals surface area contributed by atoms with E-state index in [0.717, 1.165) is 18.2 Å². The van der Waals surface area contributed by atoms with E-state index < -0.39 is 11.7 Å². The van der Waals surface area contributed by atoms with Gasteiger partial charge in [-0.1, -0.05) is 11.6 Å². The highest BCUT2D eigenvalue weighted by Crippen LogP contribution is 2.31. The standard InChI is InChI=1S/C8H6ClF3N2.ClH/c9-6-3-4(8(10,11)12)1-2-5(6)7(13)14;/h1-3H,(H3,13,14);1H. The lowest BCUT2D eigenvalue weighted by atomic mass is 10.1. The molecule has 7 heteroatoms. The lowest BCUT2D eigenvalue weighted by molar-refractivity contribution is -0.137. The van der Waals surface area contributed by atoms with Gasteiger partial charge >= 0.3 is 6.18 Å². The van der Waals surface area contributed by atoms with Gasteiger partial charge in [-0.2, -0.15) is 13.2 Å². The first-order valence-corrected chi connectivity index (χ1v) is 3.91. The van der Waals surface area contributed by atoms with Crippen molar-refractivity contribution in [3.63, 3.8) is 0 Å². The van der Waals surface area contributed by atoms with Crippen molar-refractivity contribution in [2.45, 2.75) is 6.18 Å². The zero-order valence-electron chi connectivity index (χ0n) is 7.23. The number of nitrogens with one attached hydrogen (secondary N) is 1. The van der Waals surface area contributed by atoms with Crippen molar-refractivity contribution in [3.05, 3.63) is 34.3 Å². The molecule has 0 heterocycles. The molecule has 0 aliphatic carbocycles. The Bertz CT molecular complexity index is 377. The fourth-order valence-electron chi connectivity index (χ4n) is 0.910. The number of rotatable bonds is 1. The second kappa shape index (κ2) is 4.72. The maximum atomic E-state index is 12.2. The molecular weight excluding hydrogens is 252 g/mol. The number of halogens is 5. The van der Waals surface area contributed by atoms with Crippen LogP contribution in [-0.2, 0) is 6.18 Å². The average Bonchev–Trinajstić information content (AvgIpc) is 2.01. The van der Waals surface area contributed by atoms with Crippen LogP contribution in [0, 0.1) is 5.41 Å². The Balaban J connectivity index is 0.00000196. The maximum Gasteiger partial charge on any atom is 0.416 e. The van der Waals surface area contributed by atoms with Crippen LogP contribution in [0.5, 0.6) is 0 Å². The quantitative estimate of drug-likeness (QED) is 0.591. The molecule has 0 saturated carbocycles. The van der Waals surface area contributed by atoms with Gasteiger partial charge in [-0.25, -0.2) is 0 Å². The van der Waals surface area contributed by atoms with E-state index in [4.69, 9.17) is 22.7 Å². The fourth-order valence-corrected chi connectivity index (χ4v) is 1.19. The molecule has 0 unspecified atom stereocenters. The number of benzene rings is 1. The van der Waals surface area contributed by atoms with Crippen LogP contribution >= 0.6 is 24.0 Å². The fraction of sp³-hybridized carbons (Fsp3) is 0.125. The molecule has 0 spiro atoms. The molecule has 3 N–H and O–H groups in total. The van der Waals surface area contributed by atoms with E-state index in [0.29, 0.717) is 0 Å². The summed E-state index contributed by atoms with van der Waals surface area (Å²) in [5.74, 6) is -0.358. The first-order valence-electron chi connectivity index (χ1n) is 3.53. The number of hydrogen-bond donors (Lipinski definition) is 2. The molecule has 0 fully saturated rings. The monoisotopic (exact) mass is 258 g/mol. The molecule has 1 aromatic carbocycles. The summed E-state index contributed by atoms with van der Waals surface area (Å²) in [4.78, 5) is 0. The van der Waals surface area contributed by atoms with Crippen molar-refractivity contribution in [1.82, 2.24) is 0 Å². The Kier molecular flexibility index (Phi) is 4.42. The summed E-state index contributed by atoms with van der Waals surface area (Å²) in [5, 5.41) is 6.84. The Labute approximate surface area is 95.1 Å². The van der Waals surface area contributed by atoms with Crippen molar-refractivity contribution in [2.24, 2.45) is 5.73 Å². The SMILES string of the molecule is Cl.N=C(N)c1ccc(C(F)(F)F)cc1Cl. The van der Waals surface area contributed by atoms with Gasteiger partial charge in [0.2, 0.25) is 0 Å². The molecule has 1 rings (SSSR count). The third kappa shape index (κ3) is 3.28. The highest BCUT2D eigenvalue weighted by atomic mass is 35.5. The van der Waals surface area contributed by atoms with Gasteiger partial charge in [0, 0.05) is 5.56 Å². The zero-order valence-corrected chi connectivity index (χ0v) is 8.80. The Hall–Kier alpha value is -0.940. The first-order chi connectivity index (χ1) is 6.32. The predicted octanol–water partition coefficient (Wildman–Crippen LogP) is 3.06. The smallest absolute Gasteiger partial charge is 0.384 e. The highest BCUT2D eigenvalue weighted by molar-refractivity contribution is 6.34. The van der Waals surface area contributed by atoms with Gasteiger partial charge in [0.1, 0.15) is 5.84 Å². The normalized spacial score (nSPS) is 10.7. The van der Waals surface area contributed by atoms with Gasteiger partial charge in [-0.15, -0.1) is 12.4 Å². The number of amidine groups is 1. The largest absolute Gasteiger partial charge is 0.416 e. The molecular formula is C8H7Cl2F3N2. The molecule has 0 aliphatic rings. The van der Waals surface area contributed by atoms with Crippen LogP contribution in [0.2, 0.25) is 5.02 Å². The topological polar surface area (TPSA) is 49.9 Å². The molecule has 84 valence electrons. The first kappa shape index (κ1) is 14.1. The van der Waals surface area contributed by atoms with E-state index in [1.807, 2.05) is 0 Å². The lowest BCUT2D eigenvalue weighted by Gasteiger charge is -2.08. The second-order valence-corrected chi connectivity index (χ2v) is 3.01. The molecule has 0 aromatic heterocycles. The molecule has 0 radical (unpaired) electrons. The van der Waals surface area contributed by atoms with E-state index >= 15 is 0 Å². The summed E-state index contributed by atoms with van der Waals surface area (Å²) in [6.45, 7) is 0. The average molecular weight is 259 g/mol. The van der Waals surface area contributed by atoms with Gasteiger partial charge in [-0.05, 0) is 18.2 Å². The minimum absolute atomic E-state index is 0. The summed E-state index contributed by atoms with van der Waals surface area (Å²) in [5.41, 5.74) is 4.33. The van der Waals surface area contributed by atoms with Gasteiger partial charge in [0.15, 0.2) is 0 Å². The maximum absolute atomic E-state index is 12.2. The summed E-state index contributed by atoms with van der Waals surface area (Å²) in [6.07, 6.45) is -4.43. The van der Waals surface area contributed by atoms with Crippen LogP contribution < -0.4 is 5.73 Å². The summed E-state index contributed by atoms with van der Waals surface area (Å²) in [7, 11) is 0. The summed E-state index contributed by atoms with van der Waals surface area (Å²) in [6, 6.07) is 2.66. The van der Waals surface area contributed by atoms with Crippen molar-refractivity contribution < 1.29 is 13.2 Å². The van der Waals surface area contributed by atoms with Crippen LogP contribution in [0.4, 0.5) is 13.2 Å².